The van der Waals surface area contributed by atoms with Gasteiger partial charge in [0.05, 0.1) is 29.1 Å². The Balaban J connectivity index is 1.80. The van der Waals surface area contributed by atoms with E-state index in [9.17, 15) is 18.4 Å². The van der Waals surface area contributed by atoms with Crippen LogP contribution in [0, 0.1) is 11.6 Å². The lowest BCUT2D eigenvalue weighted by atomic mass is 10.0. The smallest absolute Gasteiger partial charge is 0.284 e. The molecule has 2 aromatic carbocycles. The Bertz CT molecular complexity index is 1290. The maximum Gasteiger partial charge on any atom is 0.284 e. The molecule has 1 fully saturated rings. The van der Waals surface area contributed by atoms with Gasteiger partial charge in [-0.25, -0.2) is 9.37 Å². The summed E-state index contributed by atoms with van der Waals surface area (Å²) >= 11 is 6.41. The Hall–Kier alpha value is -3.50. The first-order valence-electron chi connectivity index (χ1n) is 10.4. The van der Waals surface area contributed by atoms with Crippen LogP contribution in [-0.4, -0.2) is 47.6 Å². The number of primary amides is 1. The SMILES string of the molecule is COc1ccc(-c2c(-c3ccc(C(=O)NC4CCNC4)c(Cl)c3)nc(C(N)=O)n2C)c(F)c1F. The molecular formula is C23H22ClF2N5O3. The first-order valence-corrected chi connectivity index (χ1v) is 10.8. The maximum absolute atomic E-state index is 15.0. The van der Waals surface area contributed by atoms with E-state index in [1.54, 1.807) is 6.07 Å². The van der Waals surface area contributed by atoms with Crippen molar-refractivity contribution in [2.75, 3.05) is 20.2 Å². The van der Waals surface area contributed by atoms with E-state index in [4.69, 9.17) is 22.1 Å². The monoisotopic (exact) mass is 489 g/mol. The number of imidazole rings is 1. The third-order valence-corrected chi connectivity index (χ3v) is 6.03. The predicted octanol–water partition coefficient (Wildman–Crippen LogP) is 2.88. The van der Waals surface area contributed by atoms with Crippen LogP contribution >= 0.6 is 11.6 Å². The minimum Gasteiger partial charge on any atom is -0.494 e. The number of hydrogen-bond acceptors (Lipinski definition) is 5. The number of nitrogens with one attached hydrogen (secondary N) is 2. The number of methoxy groups -OCH3 is 1. The zero-order chi connectivity index (χ0) is 24.6. The van der Waals surface area contributed by atoms with Crippen LogP contribution in [-0.2, 0) is 7.05 Å². The number of carbonyl (C=O) groups is 2. The van der Waals surface area contributed by atoms with Gasteiger partial charge >= 0.3 is 0 Å². The molecule has 0 bridgehead atoms. The molecule has 8 nitrogen and oxygen atoms in total. The van der Waals surface area contributed by atoms with Crippen LogP contribution in [0.3, 0.4) is 0 Å². The summed E-state index contributed by atoms with van der Waals surface area (Å²) in [5.74, 6) is -3.96. The molecule has 2 amide bonds. The summed E-state index contributed by atoms with van der Waals surface area (Å²) in [7, 11) is 2.69. The van der Waals surface area contributed by atoms with Gasteiger partial charge in [0.25, 0.3) is 11.8 Å². The van der Waals surface area contributed by atoms with Crippen LogP contribution in [0.25, 0.3) is 22.5 Å². The molecule has 1 saturated heterocycles. The zero-order valence-electron chi connectivity index (χ0n) is 18.4. The standard InChI is InChI=1S/C23H22ClF2N5O3/c1-31-20(14-5-6-16(34-2)18(26)17(14)25)19(30-22(31)21(27)32)11-3-4-13(15(24)9-11)23(33)29-12-7-8-28-10-12/h3-6,9,12,28H,7-8,10H2,1-2H3,(H2,27,32)(H,29,33). The lowest BCUT2D eigenvalue weighted by molar-refractivity contribution is 0.0939. The largest absolute Gasteiger partial charge is 0.494 e. The normalized spacial score (nSPS) is 15.4. The number of hydrogen-bond donors (Lipinski definition) is 3. The molecule has 2 heterocycles. The van der Waals surface area contributed by atoms with E-state index in [2.05, 4.69) is 15.6 Å². The van der Waals surface area contributed by atoms with Crippen molar-refractivity contribution in [2.45, 2.75) is 12.5 Å². The quantitative estimate of drug-likeness (QED) is 0.493. The number of rotatable bonds is 6. The van der Waals surface area contributed by atoms with E-state index in [1.165, 1.54) is 43.0 Å². The molecule has 0 spiro atoms. The predicted molar refractivity (Wildman–Crippen MR) is 123 cm³/mol. The molecule has 1 aliphatic rings. The molecule has 0 aliphatic carbocycles. The highest BCUT2D eigenvalue weighted by Gasteiger charge is 2.26. The van der Waals surface area contributed by atoms with Crippen molar-refractivity contribution < 1.29 is 23.1 Å². The fourth-order valence-corrected chi connectivity index (χ4v) is 4.25. The fraction of sp³-hybridized carbons (Fsp3) is 0.261. The van der Waals surface area contributed by atoms with Crippen molar-refractivity contribution in [3.05, 3.63) is 58.4 Å². The van der Waals surface area contributed by atoms with Crippen LogP contribution in [0.1, 0.15) is 27.4 Å². The first-order chi connectivity index (χ1) is 16.2. The summed E-state index contributed by atoms with van der Waals surface area (Å²) in [6.07, 6.45) is 0.818. The van der Waals surface area contributed by atoms with E-state index in [-0.39, 0.29) is 51.1 Å². The number of benzene rings is 2. The fourth-order valence-electron chi connectivity index (χ4n) is 3.99. The Morgan fingerprint density at radius 2 is 2.03 bits per heavy atom. The molecule has 0 radical (unpaired) electrons. The van der Waals surface area contributed by atoms with Crippen LogP contribution in [0.2, 0.25) is 5.02 Å². The second kappa shape index (κ2) is 9.40. The van der Waals surface area contributed by atoms with E-state index < -0.39 is 17.5 Å². The number of nitrogens with two attached hydrogens (primary N) is 1. The van der Waals surface area contributed by atoms with Gasteiger partial charge in [0, 0.05) is 30.8 Å². The number of carbonyl (C=O) groups excluding carboxylic acids is 2. The molecule has 11 heteroatoms. The summed E-state index contributed by atoms with van der Waals surface area (Å²) in [4.78, 5) is 28.9. The molecule has 3 aromatic rings. The highest BCUT2D eigenvalue weighted by atomic mass is 35.5. The Kier molecular flexibility index (Phi) is 6.54. The molecular weight excluding hydrogens is 468 g/mol. The van der Waals surface area contributed by atoms with Crippen molar-refractivity contribution in [1.29, 1.82) is 0 Å². The number of halogens is 3. The zero-order valence-corrected chi connectivity index (χ0v) is 19.2. The second-order valence-electron chi connectivity index (χ2n) is 7.86. The molecule has 4 rings (SSSR count). The molecule has 4 N–H and O–H groups in total. The van der Waals surface area contributed by atoms with Crippen LogP contribution < -0.4 is 21.1 Å². The van der Waals surface area contributed by atoms with Gasteiger partial charge in [-0.1, -0.05) is 17.7 Å². The van der Waals surface area contributed by atoms with Crippen LogP contribution in [0.5, 0.6) is 5.75 Å². The van der Waals surface area contributed by atoms with Crippen molar-refractivity contribution in [3.63, 3.8) is 0 Å². The van der Waals surface area contributed by atoms with Crippen molar-refractivity contribution in [1.82, 2.24) is 20.2 Å². The number of ether oxygens (including phenoxy) is 1. The van der Waals surface area contributed by atoms with E-state index >= 15 is 0 Å². The molecule has 1 aliphatic heterocycles. The van der Waals surface area contributed by atoms with Gasteiger partial charge in [-0.3, -0.25) is 9.59 Å². The van der Waals surface area contributed by atoms with Gasteiger partial charge in [0.2, 0.25) is 5.82 Å². The molecule has 178 valence electrons. The lowest BCUT2D eigenvalue weighted by Crippen LogP contribution is -2.36. The minimum absolute atomic E-state index is 0.0108. The second-order valence-corrected chi connectivity index (χ2v) is 8.26. The molecule has 1 atom stereocenters. The molecule has 1 aromatic heterocycles. The van der Waals surface area contributed by atoms with Crippen LogP contribution in [0.4, 0.5) is 8.78 Å². The summed E-state index contributed by atoms with van der Waals surface area (Å²) in [6.45, 7) is 1.50. The van der Waals surface area contributed by atoms with E-state index in [0.717, 1.165) is 13.0 Å². The number of nitrogens with zero attached hydrogens (tertiary/aromatic N) is 2. The number of amides is 2. The molecule has 0 saturated carbocycles. The minimum atomic E-state index is -1.18. The topological polar surface area (TPSA) is 111 Å². The maximum atomic E-state index is 15.0. The summed E-state index contributed by atoms with van der Waals surface area (Å²) in [5.41, 5.74) is 6.19. The lowest BCUT2D eigenvalue weighted by Gasteiger charge is -2.13. The molecule has 1 unspecified atom stereocenters. The summed E-state index contributed by atoms with van der Waals surface area (Å²) in [5, 5.41) is 6.22. The van der Waals surface area contributed by atoms with Gasteiger partial charge in [0.1, 0.15) is 0 Å². The Labute approximate surface area is 199 Å². The third-order valence-electron chi connectivity index (χ3n) is 5.72. The van der Waals surface area contributed by atoms with Gasteiger partial charge in [0.15, 0.2) is 17.4 Å². The third kappa shape index (κ3) is 4.22. The van der Waals surface area contributed by atoms with Crippen molar-refractivity contribution in [3.8, 4) is 28.3 Å². The van der Waals surface area contributed by atoms with Crippen LogP contribution in [0.15, 0.2) is 30.3 Å². The van der Waals surface area contributed by atoms with Gasteiger partial charge in [-0.2, -0.15) is 4.39 Å². The van der Waals surface area contributed by atoms with Gasteiger partial charge in [-0.15, -0.1) is 0 Å². The summed E-state index contributed by atoms with van der Waals surface area (Å²) < 4.78 is 35.5. The first kappa shape index (κ1) is 23.7. The van der Waals surface area contributed by atoms with Crippen molar-refractivity contribution >= 4 is 23.4 Å². The van der Waals surface area contributed by atoms with Crippen molar-refractivity contribution in [2.24, 2.45) is 12.8 Å². The van der Waals surface area contributed by atoms with E-state index in [1.807, 2.05) is 0 Å². The molecule has 34 heavy (non-hydrogen) atoms. The van der Waals surface area contributed by atoms with Gasteiger partial charge < -0.3 is 25.7 Å². The highest BCUT2D eigenvalue weighted by molar-refractivity contribution is 6.34. The highest BCUT2D eigenvalue weighted by Crippen LogP contribution is 2.37. The average molecular weight is 490 g/mol. The Morgan fingerprint density at radius 3 is 2.65 bits per heavy atom. The number of aromatic nitrogens is 2. The summed E-state index contributed by atoms with van der Waals surface area (Å²) in [6, 6.07) is 7.17. The van der Waals surface area contributed by atoms with Gasteiger partial charge in [-0.05, 0) is 37.2 Å². The Morgan fingerprint density at radius 1 is 1.26 bits per heavy atom. The average Bonchev–Trinajstić information content (AvgIpc) is 3.43. The van der Waals surface area contributed by atoms with E-state index in [0.29, 0.717) is 12.1 Å².